The van der Waals surface area contributed by atoms with E-state index in [1.54, 1.807) is 19.1 Å². The maximum absolute atomic E-state index is 12.1. The van der Waals surface area contributed by atoms with Crippen LogP contribution in [0.25, 0.3) is 0 Å². The topological polar surface area (TPSA) is 109 Å². The predicted molar refractivity (Wildman–Crippen MR) is 77.0 cm³/mol. The molecule has 2 rings (SSSR count). The number of aromatic nitrogens is 1. The number of benzene rings is 1. The summed E-state index contributed by atoms with van der Waals surface area (Å²) in [4.78, 5) is 21.6. The highest BCUT2D eigenvalue weighted by molar-refractivity contribution is 7.87. The Morgan fingerprint density at radius 2 is 1.68 bits per heavy atom. The van der Waals surface area contributed by atoms with E-state index in [1.807, 2.05) is 0 Å². The first kappa shape index (κ1) is 15.7. The molecule has 0 fully saturated rings. The molecule has 0 saturated carbocycles. The van der Waals surface area contributed by atoms with E-state index in [0.29, 0.717) is 4.73 Å². The lowest BCUT2D eigenvalue weighted by Crippen LogP contribution is -2.33. The minimum atomic E-state index is -4.28. The first-order valence-corrected chi connectivity index (χ1v) is 7.52. The van der Waals surface area contributed by atoms with Crippen molar-refractivity contribution >= 4 is 15.8 Å². The molecule has 0 amide bonds. The molecule has 0 aliphatic heterocycles. The zero-order valence-electron chi connectivity index (χ0n) is 11.7. The number of nitro groups is 1. The summed E-state index contributed by atoms with van der Waals surface area (Å²) < 4.78 is 29.4. The Labute approximate surface area is 125 Å². The van der Waals surface area contributed by atoms with E-state index in [2.05, 4.69) is 0 Å². The van der Waals surface area contributed by atoms with Gasteiger partial charge < -0.3 is 0 Å². The zero-order chi connectivity index (χ0) is 16.5. The highest BCUT2D eigenvalue weighted by Gasteiger charge is 2.22. The van der Waals surface area contributed by atoms with Crippen LogP contribution in [0.2, 0.25) is 0 Å². The summed E-state index contributed by atoms with van der Waals surface area (Å²) in [6, 6.07) is 8.00. The third-order valence-electron chi connectivity index (χ3n) is 2.89. The molecule has 0 aliphatic carbocycles. The van der Waals surface area contributed by atoms with Crippen molar-refractivity contribution in [1.82, 2.24) is 4.73 Å². The molecule has 1 aromatic heterocycles. The minimum absolute atomic E-state index is 0.117. The van der Waals surface area contributed by atoms with Gasteiger partial charge in [-0.25, -0.2) is 0 Å². The van der Waals surface area contributed by atoms with Gasteiger partial charge in [-0.05, 0) is 32.0 Å². The molecule has 0 unspecified atom stereocenters. The second-order valence-corrected chi connectivity index (χ2v) is 6.09. The van der Waals surface area contributed by atoms with Gasteiger partial charge in [0.1, 0.15) is 4.90 Å². The molecule has 116 valence electrons. The summed E-state index contributed by atoms with van der Waals surface area (Å²) in [5, 5.41) is 10.7. The maximum atomic E-state index is 12.1. The van der Waals surface area contributed by atoms with Gasteiger partial charge in [-0.1, -0.05) is 17.7 Å². The van der Waals surface area contributed by atoms with Crippen molar-refractivity contribution in [3.8, 4) is 0 Å². The van der Waals surface area contributed by atoms with Crippen molar-refractivity contribution in [2.24, 2.45) is 0 Å². The largest absolute Gasteiger partial charge is 0.362 e. The van der Waals surface area contributed by atoms with Crippen LogP contribution in [0.3, 0.4) is 0 Å². The van der Waals surface area contributed by atoms with Crippen molar-refractivity contribution in [3.05, 3.63) is 68.1 Å². The number of rotatable bonds is 4. The number of hydrogen-bond acceptors (Lipinski definition) is 6. The molecule has 0 bridgehead atoms. The molecule has 9 heteroatoms. The summed E-state index contributed by atoms with van der Waals surface area (Å²) in [5.41, 5.74) is -0.959. The fourth-order valence-corrected chi connectivity index (χ4v) is 2.62. The highest BCUT2D eigenvalue weighted by Crippen LogP contribution is 2.12. The van der Waals surface area contributed by atoms with Crippen LogP contribution in [0, 0.1) is 24.0 Å². The summed E-state index contributed by atoms with van der Waals surface area (Å²) in [6.45, 7) is 3.18. The van der Waals surface area contributed by atoms with Crippen molar-refractivity contribution in [1.29, 1.82) is 0 Å². The molecule has 2 aromatic rings. The number of pyridine rings is 1. The lowest BCUT2D eigenvalue weighted by Gasteiger charge is -2.10. The van der Waals surface area contributed by atoms with Gasteiger partial charge in [0.25, 0.3) is 0 Å². The molecule has 0 N–H and O–H groups in total. The Balaban J connectivity index is 2.50. The van der Waals surface area contributed by atoms with Gasteiger partial charge in [0.05, 0.1) is 10.6 Å². The third-order valence-corrected chi connectivity index (χ3v) is 4.08. The Kier molecular flexibility index (Phi) is 4.00. The van der Waals surface area contributed by atoms with E-state index in [0.717, 1.165) is 11.6 Å². The molecule has 1 aromatic carbocycles. The Hall–Kier alpha value is -2.68. The summed E-state index contributed by atoms with van der Waals surface area (Å²) in [6.07, 6.45) is 0. The van der Waals surface area contributed by atoms with E-state index in [1.165, 1.54) is 25.1 Å². The molecule has 22 heavy (non-hydrogen) atoms. The van der Waals surface area contributed by atoms with Crippen LogP contribution in [0.5, 0.6) is 0 Å². The van der Waals surface area contributed by atoms with Crippen LogP contribution >= 0.6 is 0 Å². The Morgan fingerprint density at radius 3 is 2.23 bits per heavy atom. The molecule has 0 spiro atoms. The number of aryl methyl sites for hydroxylation is 2. The quantitative estimate of drug-likeness (QED) is 0.617. The first-order chi connectivity index (χ1) is 10.2. The smallest absolute Gasteiger partial charge is 0.280 e. The van der Waals surface area contributed by atoms with Crippen LogP contribution in [-0.2, 0) is 10.1 Å². The van der Waals surface area contributed by atoms with Gasteiger partial charge in [0.15, 0.2) is 0 Å². The zero-order valence-corrected chi connectivity index (χ0v) is 12.5. The van der Waals surface area contributed by atoms with Crippen LogP contribution in [-0.4, -0.2) is 18.1 Å². The van der Waals surface area contributed by atoms with Gasteiger partial charge in [-0.15, -0.1) is 4.73 Å². The predicted octanol–water partition coefficient (Wildman–Crippen LogP) is 1.19. The van der Waals surface area contributed by atoms with Crippen molar-refractivity contribution in [2.45, 2.75) is 18.7 Å². The van der Waals surface area contributed by atoms with E-state index in [-0.39, 0.29) is 10.6 Å². The normalized spacial score (nSPS) is 11.2. The molecule has 1 heterocycles. The summed E-state index contributed by atoms with van der Waals surface area (Å²) >= 11 is 0. The van der Waals surface area contributed by atoms with E-state index >= 15 is 0 Å². The van der Waals surface area contributed by atoms with E-state index in [9.17, 15) is 23.3 Å². The average Bonchev–Trinajstić information content (AvgIpc) is 2.43. The molecular formula is C13H12N2O6S. The highest BCUT2D eigenvalue weighted by atomic mass is 32.2. The van der Waals surface area contributed by atoms with Crippen LogP contribution < -0.4 is 9.84 Å². The SMILES string of the molecule is Cc1ccc(S(=O)(=O)On2c(C)ccc([N+](=O)[O-])c2=O)cc1. The molecule has 0 saturated heterocycles. The standard InChI is InChI=1S/C13H12N2O6S/c1-9-3-6-11(7-4-9)22(19,20)21-14-10(2)5-8-12(13(14)16)15(17)18/h3-8H,1-2H3. The fraction of sp³-hybridized carbons (Fsp3) is 0.154. The van der Waals surface area contributed by atoms with Crippen molar-refractivity contribution in [3.63, 3.8) is 0 Å². The number of nitrogens with zero attached hydrogens (tertiary/aromatic N) is 2. The maximum Gasteiger partial charge on any atom is 0.362 e. The average molecular weight is 324 g/mol. The van der Waals surface area contributed by atoms with Gasteiger partial charge in [-0.2, -0.15) is 8.42 Å². The lowest BCUT2D eigenvalue weighted by atomic mass is 10.2. The summed E-state index contributed by atoms with van der Waals surface area (Å²) in [7, 11) is -4.28. The van der Waals surface area contributed by atoms with Crippen molar-refractivity contribution in [2.75, 3.05) is 0 Å². The van der Waals surface area contributed by atoms with Gasteiger partial charge in [-0.3, -0.25) is 19.2 Å². The molecule has 0 aliphatic rings. The molecule has 8 nitrogen and oxygen atoms in total. The van der Waals surface area contributed by atoms with Gasteiger partial charge in [0.2, 0.25) is 0 Å². The second kappa shape index (κ2) is 5.60. The molecule has 0 radical (unpaired) electrons. The third kappa shape index (κ3) is 2.98. The lowest BCUT2D eigenvalue weighted by molar-refractivity contribution is -0.386. The van der Waals surface area contributed by atoms with Gasteiger partial charge in [0, 0.05) is 6.07 Å². The number of hydrogen-bond donors (Lipinski definition) is 0. The van der Waals surface area contributed by atoms with Crippen LogP contribution in [0.15, 0.2) is 46.1 Å². The molecule has 0 atom stereocenters. The second-order valence-electron chi connectivity index (χ2n) is 4.56. The monoisotopic (exact) mass is 324 g/mol. The summed E-state index contributed by atoms with van der Waals surface area (Å²) in [5.74, 6) is 0. The van der Waals surface area contributed by atoms with Crippen LogP contribution in [0.4, 0.5) is 5.69 Å². The fourth-order valence-electron chi connectivity index (χ4n) is 1.68. The van der Waals surface area contributed by atoms with Gasteiger partial charge >= 0.3 is 21.4 Å². The first-order valence-electron chi connectivity index (χ1n) is 6.11. The Morgan fingerprint density at radius 1 is 1.09 bits per heavy atom. The van der Waals surface area contributed by atoms with E-state index in [4.69, 9.17) is 4.28 Å². The molecular weight excluding hydrogens is 312 g/mol. The van der Waals surface area contributed by atoms with Crippen LogP contribution in [0.1, 0.15) is 11.3 Å². The van der Waals surface area contributed by atoms with E-state index < -0.39 is 26.3 Å². The minimum Gasteiger partial charge on any atom is -0.280 e. The van der Waals surface area contributed by atoms with Crippen molar-refractivity contribution < 1.29 is 17.6 Å². The Bertz CT molecular complexity index is 884.